The molecule has 2 heterocycles. The minimum absolute atomic E-state index is 0.0457. The number of carboxylic acid groups (broad SMARTS) is 1. The molecule has 4 nitrogen and oxygen atoms in total. The first kappa shape index (κ1) is 14.1. The molecule has 1 aliphatic carbocycles. The second-order valence-electron chi connectivity index (χ2n) is 7.14. The van der Waals surface area contributed by atoms with E-state index in [1.54, 1.807) is 4.90 Å². The van der Waals surface area contributed by atoms with Gasteiger partial charge in [0.2, 0.25) is 0 Å². The molecule has 4 rings (SSSR count). The highest BCUT2D eigenvalue weighted by atomic mass is 16.4. The van der Waals surface area contributed by atoms with Crippen molar-refractivity contribution in [3.8, 4) is 0 Å². The Morgan fingerprint density at radius 2 is 1.82 bits per heavy atom. The summed E-state index contributed by atoms with van der Waals surface area (Å²) in [6, 6.07) is 8.88. The number of benzene rings is 1. The molecule has 1 aromatic rings. The van der Waals surface area contributed by atoms with E-state index in [0.717, 1.165) is 37.7 Å². The number of rotatable bonds is 1. The van der Waals surface area contributed by atoms with Gasteiger partial charge in [-0.25, -0.2) is 4.79 Å². The van der Waals surface area contributed by atoms with E-state index in [-0.39, 0.29) is 5.41 Å². The van der Waals surface area contributed by atoms with Gasteiger partial charge >= 0.3 is 6.09 Å². The fraction of sp³-hybridized carbons (Fsp3) is 0.611. The van der Waals surface area contributed by atoms with Gasteiger partial charge in [0, 0.05) is 18.0 Å². The number of piperidine rings is 1. The molecule has 118 valence electrons. The minimum Gasteiger partial charge on any atom is -0.465 e. The number of amides is 1. The maximum absolute atomic E-state index is 11.6. The van der Waals surface area contributed by atoms with Gasteiger partial charge in [-0.2, -0.15) is 0 Å². The number of hydrogen-bond donors (Lipinski definition) is 1. The fourth-order valence-electron chi connectivity index (χ4n) is 4.82. The van der Waals surface area contributed by atoms with Gasteiger partial charge in [0.15, 0.2) is 0 Å². The first-order chi connectivity index (χ1) is 10.7. The SMILES string of the molecule is O=C(O)N1CC2(CCN(C3CCCC3)CC2)c2ccccc21. The Bertz CT molecular complexity index is 572. The highest BCUT2D eigenvalue weighted by Gasteiger charge is 2.46. The largest absolute Gasteiger partial charge is 0.465 e. The fourth-order valence-corrected chi connectivity index (χ4v) is 4.82. The molecule has 1 saturated carbocycles. The number of likely N-dealkylation sites (tertiary alicyclic amines) is 1. The summed E-state index contributed by atoms with van der Waals surface area (Å²) in [6.07, 6.45) is 6.82. The summed E-state index contributed by atoms with van der Waals surface area (Å²) in [7, 11) is 0. The van der Waals surface area contributed by atoms with E-state index < -0.39 is 6.09 Å². The highest BCUT2D eigenvalue weighted by Crippen LogP contribution is 2.47. The van der Waals surface area contributed by atoms with Crippen LogP contribution in [0.25, 0.3) is 0 Å². The van der Waals surface area contributed by atoms with Crippen LogP contribution in [0.2, 0.25) is 0 Å². The van der Waals surface area contributed by atoms with Gasteiger partial charge in [-0.3, -0.25) is 4.90 Å². The number of para-hydroxylation sites is 1. The van der Waals surface area contributed by atoms with Crippen molar-refractivity contribution < 1.29 is 9.90 Å². The third-order valence-corrected chi connectivity index (χ3v) is 6.05. The van der Waals surface area contributed by atoms with Crippen LogP contribution in [0.15, 0.2) is 24.3 Å². The molecule has 1 spiro atoms. The van der Waals surface area contributed by atoms with E-state index in [2.05, 4.69) is 17.0 Å². The van der Waals surface area contributed by atoms with E-state index in [4.69, 9.17) is 0 Å². The Morgan fingerprint density at radius 3 is 2.50 bits per heavy atom. The van der Waals surface area contributed by atoms with E-state index in [1.165, 1.54) is 31.2 Å². The molecule has 4 heteroatoms. The Morgan fingerprint density at radius 1 is 1.14 bits per heavy atom. The average molecular weight is 300 g/mol. The van der Waals surface area contributed by atoms with Crippen LogP contribution >= 0.6 is 0 Å². The maximum Gasteiger partial charge on any atom is 0.411 e. The Kier molecular flexibility index (Phi) is 3.37. The third kappa shape index (κ3) is 2.12. The van der Waals surface area contributed by atoms with Gasteiger partial charge in [0.05, 0.1) is 5.69 Å². The van der Waals surface area contributed by atoms with Crippen LogP contribution in [-0.4, -0.2) is 41.8 Å². The summed E-state index contributed by atoms with van der Waals surface area (Å²) in [5.41, 5.74) is 2.21. The first-order valence-corrected chi connectivity index (χ1v) is 8.54. The predicted molar refractivity (Wildman–Crippen MR) is 86.6 cm³/mol. The standard InChI is InChI=1S/C18H24N2O2/c21-17(22)20-13-18(15-7-3-4-8-16(15)20)9-11-19(12-10-18)14-5-1-2-6-14/h3-4,7-8,14H,1-2,5-6,9-13H2,(H,21,22). The van der Waals surface area contributed by atoms with Gasteiger partial charge in [0.25, 0.3) is 0 Å². The number of hydrogen-bond acceptors (Lipinski definition) is 2. The van der Waals surface area contributed by atoms with E-state index in [1.807, 2.05) is 12.1 Å². The van der Waals surface area contributed by atoms with Crippen molar-refractivity contribution in [2.24, 2.45) is 0 Å². The zero-order chi connectivity index (χ0) is 15.2. The molecule has 1 amide bonds. The molecule has 1 saturated heterocycles. The second-order valence-corrected chi connectivity index (χ2v) is 7.14. The number of anilines is 1. The molecule has 0 unspecified atom stereocenters. The molecule has 3 aliphatic rings. The van der Waals surface area contributed by atoms with Gasteiger partial charge in [-0.15, -0.1) is 0 Å². The maximum atomic E-state index is 11.6. The van der Waals surface area contributed by atoms with Crippen LogP contribution in [0, 0.1) is 0 Å². The highest BCUT2D eigenvalue weighted by molar-refractivity contribution is 5.90. The minimum atomic E-state index is -0.817. The van der Waals surface area contributed by atoms with Crippen molar-refractivity contribution in [3.05, 3.63) is 29.8 Å². The summed E-state index contributed by atoms with van der Waals surface area (Å²) in [5, 5.41) is 9.51. The molecule has 22 heavy (non-hydrogen) atoms. The van der Waals surface area contributed by atoms with Gasteiger partial charge < -0.3 is 10.0 Å². The van der Waals surface area contributed by atoms with Crippen LogP contribution in [0.3, 0.4) is 0 Å². The molecule has 0 bridgehead atoms. The first-order valence-electron chi connectivity index (χ1n) is 8.54. The molecule has 1 N–H and O–H groups in total. The lowest BCUT2D eigenvalue weighted by molar-refractivity contribution is 0.121. The molecule has 0 atom stereocenters. The molecule has 1 aromatic carbocycles. The van der Waals surface area contributed by atoms with Crippen LogP contribution in [0.1, 0.15) is 44.1 Å². The van der Waals surface area contributed by atoms with Gasteiger partial charge in [-0.1, -0.05) is 31.0 Å². The van der Waals surface area contributed by atoms with Crippen LogP contribution < -0.4 is 4.90 Å². The summed E-state index contributed by atoms with van der Waals surface area (Å²) in [5.74, 6) is 0. The van der Waals surface area contributed by atoms with Gasteiger partial charge in [0.1, 0.15) is 0 Å². The Balaban J connectivity index is 1.57. The second kappa shape index (κ2) is 5.27. The van der Waals surface area contributed by atoms with Crippen molar-refractivity contribution in [2.45, 2.75) is 50.0 Å². The lowest BCUT2D eigenvalue weighted by Gasteiger charge is -2.42. The molecular formula is C18H24N2O2. The summed E-state index contributed by atoms with van der Waals surface area (Å²) >= 11 is 0. The number of fused-ring (bicyclic) bond motifs is 2. The summed E-state index contributed by atoms with van der Waals surface area (Å²) < 4.78 is 0. The lowest BCUT2D eigenvalue weighted by atomic mass is 9.74. The van der Waals surface area contributed by atoms with Crippen molar-refractivity contribution >= 4 is 11.8 Å². The average Bonchev–Trinajstić information content (AvgIpc) is 3.16. The van der Waals surface area contributed by atoms with E-state index in [0.29, 0.717) is 6.54 Å². The molecular weight excluding hydrogens is 276 g/mol. The normalized spacial score (nSPS) is 24.8. The Hall–Kier alpha value is -1.55. The van der Waals surface area contributed by atoms with E-state index in [9.17, 15) is 9.90 Å². The van der Waals surface area contributed by atoms with Crippen molar-refractivity contribution in [3.63, 3.8) is 0 Å². The quantitative estimate of drug-likeness (QED) is 0.864. The molecule has 0 radical (unpaired) electrons. The summed E-state index contributed by atoms with van der Waals surface area (Å²) in [6.45, 7) is 2.87. The van der Waals surface area contributed by atoms with Crippen molar-refractivity contribution in [2.75, 3.05) is 24.5 Å². The van der Waals surface area contributed by atoms with Crippen LogP contribution in [0.5, 0.6) is 0 Å². The van der Waals surface area contributed by atoms with Crippen molar-refractivity contribution in [1.29, 1.82) is 0 Å². The van der Waals surface area contributed by atoms with Gasteiger partial charge in [-0.05, 0) is 50.4 Å². The van der Waals surface area contributed by atoms with Crippen LogP contribution in [-0.2, 0) is 5.41 Å². The molecule has 2 fully saturated rings. The zero-order valence-corrected chi connectivity index (χ0v) is 13.0. The van der Waals surface area contributed by atoms with Crippen LogP contribution in [0.4, 0.5) is 10.5 Å². The van der Waals surface area contributed by atoms with E-state index >= 15 is 0 Å². The summed E-state index contributed by atoms with van der Waals surface area (Å²) in [4.78, 5) is 15.8. The molecule has 2 aliphatic heterocycles. The smallest absolute Gasteiger partial charge is 0.411 e. The zero-order valence-electron chi connectivity index (χ0n) is 13.0. The third-order valence-electron chi connectivity index (χ3n) is 6.05. The number of carbonyl (C=O) groups is 1. The Labute approximate surface area is 131 Å². The van der Waals surface area contributed by atoms with Crippen molar-refractivity contribution in [1.82, 2.24) is 4.90 Å². The molecule has 0 aromatic heterocycles. The predicted octanol–water partition coefficient (Wildman–Crippen LogP) is 3.46. The topological polar surface area (TPSA) is 43.8 Å². The monoisotopic (exact) mass is 300 g/mol. The number of nitrogens with zero attached hydrogens (tertiary/aromatic N) is 2. The lowest BCUT2D eigenvalue weighted by Crippen LogP contribution is -2.48.